The molecule has 0 bridgehead atoms. The molecule has 0 spiro atoms. The van der Waals surface area contributed by atoms with Gasteiger partial charge in [-0.1, -0.05) is 30.3 Å². The van der Waals surface area contributed by atoms with Gasteiger partial charge in [0.2, 0.25) is 5.91 Å². The molecule has 34 heavy (non-hydrogen) atoms. The molecule has 5 heteroatoms. The highest BCUT2D eigenvalue weighted by Gasteiger charge is 2.35. The van der Waals surface area contributed by atoms with Crippen molar-refractivity contribution in [3.8, 4) is 5.75 Å². The average molecular weight is 454 g/mol. The maximum Gasteiger partial charge on any atom is 0.227 e. The monoisotopic (exact) mass is 453 g/mol. The zero-order valence-electron chi connectivity index (χ0n) is 20.1. The molecule has 1 aliphatic rings. The first-order valence-corrected chi connectivity index (χ1v) is 12.0. The van der Waals surface area contributed by atoms with Crippen molar-refractivity contribution >= 4 is 22.6 Å². The van der Waals surface area contributed by atoms with Gasteiger partial charge in [0, 0.05) is 31.1 Å². The van der Waals surface area contributed by atoms with Gasteiger partial charge in [0.05, 0.1) is 17.6 Å². The van der Waals surface area contributed by atoms with Crippen LogP contribution in [0.4, 0.5) is 5.69 Å². The second-order valence-corrected chi connectivity index (χ2v) is 9.38. The van der Waals surface area contributed by atoms with Crippen LogP contribution in [0.15, 0.2) is 66.7 Å². The predicted octanol–water partition coefficient (Wildman–Crippen LogP) is 5.95. The van der Waals surface area contributed by atoms with E-state index < -0.39 is 0 Å². The van der Waals surface area contributed by atoms with Crippen molar-refractivity contribution < 1.29 is 9.53 Å². The predicted molar refractivity (Wildman–Crippen MR) is 137 cm³/mol. The molecule has 174 valence electrons. The first-order chi connectivity index (χ1) is 16.5. The van der Waals surface area contributed by atoms with Crippen LogP contribution in [0.5, 0.6) is 5.75 Å². The molecule has 0 radical (unpaired) electrons. The van der Waals surface area contributed by atoms with Gasteiger partial charge in [-0.15, -0.1) is 0 Å². The highest BCUT2D eigenvalue weighted by Crippen LogP contribution is 2.34. The van der Waals surface area contributed by atoms with Crippen LogP contribution < -0.4 is 9.64 Å². The molecule has 2 heterocycles. The first kappa shape index (κ1) is 22.2. The Kier molecular flexibility index (Phi) is 6.10. The lowest BCUT2D eigenvalue weighted by Crippen LogP contribution is -2.24. The number of para-hydroxylation sites is 2. The van der Waals surface area contributed by atoms with Gasteiger partial charge in [-0.05, 0) is 80.3 Å². The summed E-state index contributed by atoms with van der Waals surface area (Å²) in [4.78, 5) is 19.9. The summed E-state index contributed by atoms with van der Waals surface area (Å²) in [6.45, 7) is 8.31. The number of rotatable bonds is 7. The third-order valence-corrected chi connectivity index (χ3v) is 6.48. The zero-order chi connectivity index (χ0) is 23.7. The summed E-state index contributed by atoms with van der Waals surface area (Å²) in [5.74, 6) is 2.13. The number of nitrogens with zero attached hydrogens (tertiary/aromatic N) is 3. The van der Waals surface area contributed by atoms with Gasteiger partial charge in [-0.25, -0.2) is 4.98 Å². The van der Waals surface area contributed by atoms with Crippen LogP contribution in [0.1, 0.15) is 41.3 Å². The molecule has 0 N–H and O–H groups in total. The number of fused-ring (bicyclic) bond motifs is 1. The largest absolute Gasteiger partial charge is 0.494 e. The first-order valence-electron chi connectivity index (χ1n) is 12.0. The van der Waals surface area contributed by atoms with E-state index in [-0.39, 0.29) is 11.8 Å². The molecule has 3 aromatic carbocycles. The van der Waals surface area contributed by atoms with Gasteiger partial charge in [0.15, 0.2) is 0 Å². The standard InChI is InChI=1S/C29H31N3O2/c1-20-8-6-9-25(17-20)34-13-7-12-31-27-11-5-4-10-26(27)30-29(31)23-18-28(33)32(19-23)24-15-21(2)14-22(3)16-24/h4-6,8-11,14-17,23H,7,12-13,18-19H2,1-3H3. The van der Waals surface area contributed by atoms with Crippen molar-refractivity contribution in [2.24, 2.45) is 0 Å². The summed E-state index contributed by atoms with van der Waals surface area (Å²) < 4.78 is 8.27. The van der Waals surface area contributed by atoms with Crippen LogP contribution in [0.25, 0.3) is 11.0 Å². The number of aromatic nitrogens is 2. The van der Waals surface area contributed by atoms with Crippen molar-refractivity contribution in [2.75, 3.05) is 18.1 Å². The maximum atomic E-state index is 13.0. The second-order valence-electron chi connectivity index (χ2n) is 9.38. The van der Waals surface area contributed by atoms with Crippen LogP contribution in [0.3, 0.4) is 0 Å². The molecule has 5 rings (SSSR count). The van der Waals surface area contributed by atoms with Crippen molar-refractivity contribution in [1.82, 2.24) is 9.55 Å². The average Bonchev–Trinajstić information content (AvgIpc) is 3.36. The number of anilines is 1. The number of ether oxygens (including phenoxy) is 1. The molecular formula is C29H31N3O2. The maximum absolute atomic E-state index is 13.0. The minimum atomic E-state index is 0.0680. The number of benzene rings is 3. The van der Waals surface area contributed by atoms with Crippen LogP contribution >= 0.6 is 0 Å². The lowest BCUT2D eigenvalue weighted by Gasteiger charge is -2.19. The van der Waals surface area contributed by atoms with Crippen molar-refractivity contribution in [3.05, 3.63) is 89.2 Å². The SMILES string of the molecule is Cc1cccc(OCCCn2c(C3CC(=O)N(c4cc(C)cc(C)c4)C3)nc3ccccc32)c1. The van der Waals surface area contributed by atoms with E-state index in [9.17, 15) is 4.79 Å². The Morgan fingerprint density at radius 3 is 2.53 bits per heavy atom. The van der Waals surface area contributed by atoms with Gasteiger partial charge < -0.3 is 14.2 Å². The van der Waals surface area contributed by atoms with E-state index in [2.05, 4.69) is 73.9 Å². The van der Waals surface area contributed by atoms with Gasteiger partial charge >= 0.3 is 0 Å². The number of carbonyl (C=O) groups excluding carboxylic acids is 1. The quantitative estimate of drug-likeness (QED) is 0.325. The van der Waals surface area contributed by atoms with Crippen LogP contribution in [0.2, 0.25) is 0 Å². The fourth-order valence-electron chi connectivity index (χ4n) is 5.00. The van der Waals surface area contributed by atoms with Crippen molar-refractivity contribution in [3.63, 3.8) is 0 Å². The molecule has 0 saturated carbocycles. The minimum Gasteiger partial charge on any atom is -0.494 e. The molecule has 1 fully saturated rings. The zero-order valence-corrected chi connectivity index (χ0v) is 20.1. The summed E-state index contributed by atoms with van der Waals surface area (Å²) in [6, 6.07) is 22.7. The number of amides is 1. The lowest BCUT2D eigenvalue weighted by atomic mass is 10.1. The summed E-state index contributed by atoms with van der Waals surface area (Å²) in [6.07, 6.45) is 1.35. The fourth-order valence-corrected chi connectivity index (χ4v) is 5.00. The summed E-state index contributed by atoms with van der Waals surface area (Å²) in [5, 5.41) is 0. The molecule has 5 nitrogen and oxygen atoms in total. The third-order valence-electron chi connectivity index (χ3n) is 6.48. The molecule has 1 aromatic heterocycles. The van der Waals surface area contributed by atoms with Crippen LogP contribution in [-0.2, 0) is 11.3 Å². The Morgan fingerprint density at radius 2 is 1.74 bits per heavy atom. The van der Waals surface area contributed by atoms with E-state index in [1.54, 1.807) is 0 Å². The van der Waals surface area contributed by atoms with E-state index in [1.807, 2.05) is 23.1 Å². The topological polar surface area (TPSA) is 47.4 Å². The van der Waals surface area contributed by atoms with Crippen LogP contribution in [0, 0.1) is 20.8 Å². The smallest absolute Gasteiger partial charge is 0.227 e. The molecule has 1 saturated heterocycles. The van der Waals surface area contributed by atoms with Crippen LogP contribution in [-0.4, -0.2) is 28.6 Å². The van der Waals surface area contributed by atoms with Crippen molar-refractivity contribution in [1.29, 1.82) is 0 Å². The Bertz CT molecular complexity index is 1320. The van der Waals surface area contributed by atoms with Gasteiger partial charge in [0.1, 0.15) is 11.6 Å². The molecular weight excluding hydrogens is 422 g/mol. The fraction of sp³-hybridized carbons (Fsp3) is 0.310. The van der Waals surface area contributed by atoms with Gasteiger partial charge in [-0.3, -0.25) is 4.79 Å². The summed E-state index contributed by atoms with van der Waals surface area (Å²) in [5.41, 5.74) is 6.62. The molecule has 1 atom stereocenters. The molecule has 1 amide bonds. The summed E-state index contributed by atoms with van der Waals surface area (Å²) in [7, 11) is 0. The van der Waals surface area contributed by atoms with E-state index in [1.165, 1.54) is 16.7 Å². The number of imidazole rings is 1. The Balaban J connectivity index is 1.36. The van der Waals surface area contributed by atoms with E-state index >= 15 is 0 Å². The highest BCUT2D eigenvalue weighted by atomic mass is 16.5. The summed E-state index contributed by atoms with van der Waals surface area (Å²) >= 11 is 0. The third kappa shape index (κ3) is 4.56. The number of hydrogen-bond donors (Lipinski definition) is 0. The highest BCUT2D eigenvalue weighted by molar-refractivity contribution is 5.96. The lowest BCUT2D eigenvalue weighted by molar-refractivity contribution is -0.117. The Hall–Kier alpha value is -3.60. The normalized spacial score (nSPS) is 15.9. The van der Waals surface area contributed by atoms with Gasteiger partial charge in [0.25, 0.3) is 0 Å². The molecule has 1 aliphatic heterocycles. The Labute approximate surface area is 201 Å². The number of carbonyl (C=O) groups is 1. The molecule has 1 unspecified atom stereocenters. The van der Waals surface area contributed by atoms with E-state index in [0.717, 1.165) is 41.3 Å². The van der Waals surface area contributed by atoms with Crippen molar-refractivity contribution in [2.45, 2.75) is 46.1 Å². The number of aryl methyl sites for hydroxylation is 4. The minimum absolute atomic E-state index is 0.0680. The second kappa shape index (κ2) is 9.34. The number of hydrogen-bond acceptors (Lipinski definition) is 3. The van der Waals surface area contributed by atoms with E-state index in [0.29, 0.717) is 19.6 Å². The molecule has 0 aliphatic carbocycles. The Morgan fingerprint density at radius 1 is 0.941 bits per heavy atom. The van der Waals surface area contributed by atoms with E-state index in [4.69, 9.17) is 9.72 Å². The van der Waals surface area contributed by atoms with Gasteiger partial charge in [-0.2, -0.15) is 0 Å². The molecule has 4 aromatic rings.